The maximum Gasteiger partial charge on any atom is 0.0116 e. The highest BCUT2D eigenvalue weighted by Crippen LogP contribution is 2.51. The monoisotopic (exact) mass is 171 g/mol. The van der Waals surface area contributed by atoms with Gasteiger partial charge in [-0.3, -0.25) is 0 Å². The van der Waals surface area contributed by atoms with Gasteiger partial charge in [-0.2, -0.15) is 11.8 Å². The average molecular weight is 171 g/mol. The molecule has 0 aromatic heterocycles. The van der Waals surface area contributed by atoms with E-state index >= 15 is 0 Å². The Morgan fingerprint density at radius 1 is 1.36 bits per heavy atom. The summed E-state index contributed by atoms with van der Waals surface area (Å²) in [5.74, 6) is 1.38. The van der Waals surface area contributed by atoms with E-state index in [0.29, 0.717) is 5.41 Å². The van der Waals surface area contributed by atoms with Crippen LogP contribution in [0.3, 0.4) is 0 Å². The van der Waals surface area contributed by atoms with Gasteiger partial charge in [0.25, 0.3) is 0 Å². The molecule has 0 aromatic rings. The minimum atomic E-state index is 0.584. The predicted molar refractivity (Wildman–Crippen MR) is 50.8 cm³/mol. The zero-order valence-corrected chi connectivity index (χ0v) is 7.83. The van der Waals surface area contributed by atoms with Gasteiger partial charge < -0.3 is 5.73 Å². The molecule has 2 rings (SSSR count). The van der Waals surface area contributed by atoms with Crippen molar-refractivity contribution in [2.45, 2.75) is 37.4 Å². The van der Waals surface area contributed by atoms with E-state index < -0.39 is 0 Å². The summed E-state index contributed by atoms with van der Waals surface area (Å²) >= 11 is 2.17. The topological polar surface area (TPSA) is 26.0 Å². The third-order valence-electron chi connectivity index (χ3n) is 3.37. The molecule has 11 heavy (non-hydrogen) atoms. The van der Waals surface area contributed by atoms with Crippen molar-refractivity contribution in [1.82, 2.24) is 0 Å². The first-order valence-electron chi connectivity index (χ1n) is 4.69. The van der Waals surface area contributed by atoms with E-state index in [-0.39, 0.29) is 0 Å². The van der Waals surface area contributed by atoms with Gasteiger partial charge >= 0.3 is 0 Å². The lowest BCUT2D eigenvalue weighted by Gasteiger charge is -2.45. The molecular formula is C9H17NS. The van der Waals surface area contributed by atoms with Gasteiger partial charge in [-0.25, -0.2) is 0 Å². The molecule has 0 radical (unpaired) electrons. The quantitative estimate of drug-likeness (QED) is 0.688. The van der Waals surface area contributed by atoms with Crippen molar-refractivity contribution < 1.29 is 0 Å². The summed E-state index contributed by atoms with van der Waals surface area (Å²) in [4.78, 5) is 0. The van der Waals surface area contributed by atoms with Crippen LogP contribution in [0.15, 0.2) is 0 Å². The molecule has 1 atom stereocenters. The largest absolute Gasteiger partial charge is 0.330 e. The minimum absolute atomic E-state index is 0.584. The molecular weight excluding hydrogens is 154 g/mol. The van der Waals surface area contributed by atoms with Crippen LogP contribution < -0.4 is 5.73 Å². The first-order chi connectivity index (χ1) is 5.37. The van der Waals surface area contributed by atoms with Crippen LogP contribution in [0.25, 0.3) is 0 Å². The second-order valence-corrected chi connectivity index (χ2v) is 5.23. The first-order valence-corrected chi connectivity index (χ1v) is 5.74. The molecule has 1 nitrogen and oxygen atoms in total. The Hall–Kier alpha value is 0.310. The van der Waals surface area contributed by atoms with Gasteiger partial charge in [0, 0.05) is 5.25 Å². The van der Waals surface area contributed by atoms with Crippen LogP contribution in [-0.2, 0) is 0 Å². The zero-order valence-electron chi connectivity index (χ0n) is 7.01. The van der Waals surface area contributed by atoms with E-state index in [9.17, 15) is 0 Å². The van der Waals surface area contributed by atoms with Crippen LogP contribution in [0.5, 0.6) is 0 Å². The Kier molecular flexibility index (Phi) is 2.15. The molecule has 1 aliphatic heterocycles. The van der Waals surface area contributed by atoms with Crippen LogP contribution in [0.4, 0.5) is 0 Å². The van der Waals surface area contributed by atoms with Gasteiger partial charge in [-0.15, -0.1) is 0 Å². The summed E-state index contributed by atoms with van der Waals surface area (Å²) in [7, 11) is 0. The summed E-state index contributed by atoms with van der Waals surface area (Å²) in [6.45, 7) is 0.935. The van der Waals surface area contributed by atoms with Gasteiger partial charge in [0.15, 0.2) is 0 Å². The fraction of sp³-hybridized carbons (Fsp3) is 1.00. The summed E-state index contributed by atoms with van der Waals surface area (Å²) in [6.07, 6.45) is 7.09. The molecule has 2 aliphatic rings. The van der Waals surface area contributed by atoms with Crippen molar-refractivity contribution in [1.29, 1.82) is 0 Å². The Morgan fingerprint density at radius 3 is 2.55 bits per heavy atom. The molecule has 1 heterocycles. The minimum Gasteiger partial charge on any atom is -0.330 e. The molecule has 64 valence electrons. The Morgan fingerprint density at radius 2 is 2.18 bits per heavy atom. The van der Waals surface area contributed by atoms with E-state index in [1.807, 2.05) is 0 Å². The standard InChI is InChI=1S/C9H17NS/c10-7-9(4-2-5-9)8-3-1-6-11-8/h8H,1-7,10H2. The van der Waals surface area contributed by atoms with Crippen LogP contribution in [-0.4, -0.2) is 17.5 Å². The fourth-order valence-corrected chi connectivity index (χ4v) is 3.99. The maximum absolute atomic E-state index is 5.84. The van der Waals surface area contributed by atoms with E-state index in [1.54, 1.807) is 0 Å². The average Bonchev–Trinajstić information content (AvgIpc) is 2.39. The first kappa shape index (κ1) is 7.93. The predicted octanol–water partition coefficient (Wildman–Crippen LogP) is 2.01. The van der Waals surface area contributed by atoms with Crippen LogP contribution in [0, 0.1) is 5.41 Å². The SMILES string of the molecule is NCC1(C2CCCS2)CCC1. The number of nitrogens with two attached hydrogens (primary N) is 1. The maximum atomic E-state index is 5.84. The van der Waals surface area contributed by atoms with Gasteiger partial charge in [0.05, 0.1) is 0 Å². The molecule has 2 fully saturated rings. The van der Waals surface area contributed by atoms with Crippen molar-refractivity contribution in [2.75, 3.05) is 12.3 Å². The Labute approximate surface area is 73.1 Å². The van der Waals surface area contributed by atoms with Gasteiger partial charge in [0.1, 0.15) is 0 Å². The normalized spacial score (nSPS) is 35.2. The number of rotatable bonds is 2. The molecule has 0 aromatic carbocycles. The molecule has 0 bridgehead atoms. The van der Waals surface area contributed by atoms with Crippen molar-refractivity contribution in [2.24, 2.45) is 11.1 Å². The van der Waals surface area contributed by atoms with Crippen LogP contribution in [0.1, 0.15) is 32.1 Å². The van der Waals surface area contributed by atoms with E-state index in [1.165, 1.54) is 37.9 Å². The summed E-state index contributed by atoms with van der Waals surface area (Å²) in [5, 5.41) is 0.918. The van der Waals surface area contributed by atoms with E-state index in [2.05, 4.69) is 11.8 Å². The number of thioether (sulfide) groups is 1. The van der Waals surface area contributed by atoms with Crippen LogP contribution in [0.2, 0.25) is 0 Å². The molecule has 1 aliphatic carbocycles. The lowest BCUT2D eigenvalue weighted by molar-refractivity contribution is 0.138. The highest BCUT2D eigenvalue weighted by Gasteiger charge is 2.43. The molecule has 0 amide bonds. The van der Waals surface area contributed by atoms with E-state index in [0.717, 1.165) is 11.8 Å². The fourth-order valence-electron chi connectivity index (χ4n) is 2.35. The third-order valence-corrected chi connectivity index (χ3v) is 5.03. The summed E-state index contributed by atoms with van der Waals surface area (Å²) in [5.41, 5.74) is 6.42. The molecule has 0 spiro atoms. The molecule has 1 saturated heterocycles. The highest BCUT2D eigenvalue weighted by molar-refractivity contribution is 8.00. The summed E-state index contributed by atoms with van der Waals surface area (Å²) < 4.78 is 0. The highest BCUT2D eigenvalue weighted by atomic mass is 32.2. The van der Waals surface area contributed by atoms with Gasteiger partial charge in [-0.05, 0) is 43.4 Å². The molecule has 2 N–H and O–H groups in total. The number of hydrogen-bond acceptors (Lipinski definition) is 2. The Balaban J connectivity index is 1.99. The molecule has 2 heteroatoms. The van der Waals surface area contributed by atoms with Crippen molar-refractivity contribution in [3.8, 4) is 0 Å². The van der Waals surface area contributed by atoms with Gasteiger partial charge in [-0.1, -0.05) is 6.42 Å². The molecule has 1 unspecified atom stereocenters. The Bertz CT molecular complexity index is 131. The third kappa shape index (κ3) is 1.20. The van der Waals surface area contributed by atoms with Crippen molar-refractivity contribution in [3.05, 3.63) is 0 Å². The van der Waals surface area contributed by atoms with Crippen LogP contribution >= 0.6 is 11.8 Å². The second-order valence-electron chi connectivity index (χ2n) is 3.92. The van der Waals surface area contributed by atoms with E-state index in [4.69, 9.17) is 5.73 Å². The zero-order chi connectivity index (χ0) is 7.73. The summed E-state index contributed by atoms with van der Waals surface area (Å²) in [6, 6.07) is 0. The van der Waals surface area contributed by atoms with Crippen molar-refractivity contribution in [3.63, 3.8) is 0 Å². The lowest BCUT2D eigenvalue weighted by Crippen LogP contribution is -2.44. The molecule has 1 saturated carbocycles. The second kappa shape index (κ2) is 2.98. The number of hydrogen-bond donors (Lipinski definition) is 1. The smallest absolute Gasteiger partial charge is 0.0116 e. The van der Waals surface area contributed by atoms with Gasteiger partial charge in [0.2, 0.25) is 0 Å². The lowest BCUT2D eigenvalue weighted by atomic mass is 9.65. The van der Waals surface area contributed by atoms with Crippen molar-refractivity contribution >= 4 is 11.8 Å².